The van der Waals surface area contributed by atoms with Gasteiger partial charge < -0.3 is 0 Å². The molecule has 1 N–H and O–H groups in total. The molecule has 0 bridgehead atoms. The molecule has 0 aliphatic heterocycles. The molecule has 0 spiro atoms. The molecule has 0 atom stereocenters. The number of hydrogen-bond donors (Lipinski definition) is 1. The van der Waals surface area contributed by atoms with Crippen molar-refractivity contribution in [2.75, 3.05) is 0 Å². The van der Waals surface area contributed by atoms with Crippen LogP contribution in [0.4, 0.5) is 13.2 Å². The van der Waals surface area contributed by atoms with E-state index in [0.29, 0.717) is 5.56 Å². The zero-order valence-corrected chi connectivity index (χ0v) is 16.2. The van der Waals surface area contributed by atoms with Crippen LogP contribution >= 0.6 is 0 Å². The molecule has 0 saturated heterocycles. The Kier molecular flexibility index (Phi) is 5.70. The first kappa shape index (κ1) is 21.0. The van der Waals surface area contributed by atoms with E-state index < -0.39 is 21.8 Å². The first-order chi connectivity index (χ1) is 12.3. The number of halogens is 3. The van der Waals surface area contributed by atoms with E-state index >= 15 is 0 Å². The lowest BCUT2D eigenvalue weighted by atomic mass is 9.87. The predicted octanol–water partition coefficient (Wildman–Crippen LogP) is 4.62. The Morgan fingerprint density at radius 2 is 1.67 bits per heavy atom. The Hall–Kier alpha value is -2.35. The summed E-state index contributed by atoms with van der Waals surface area (Å²) in [6.45, 7) is 7.50. The van der Waals surface area contributed by atoms with Gasteiger partial charge in [0, 0.05) is 5.56 Å². The predicted molar refractivity (Wildman–Crippen MR) is 99.2 cm³/mol. The van der Waals surface area contributed by atoms with E-state index in [1.165, 1.54) is 18.2 Å². The molecule has 146 valence electrons. The van der Waals surface area contributed by atoms with E-state index in [-0.39, 0.29) is 15.9 Å². The Bertz CT molecular complexity index is 960. The molecule has 0 aliphatic rings. The summed E-state index contributed by atoms with van der Waals surface area (Å²) in [5.74, 6) is 0. The van der Waals surface area contributed by atoms with Crippen LogP contribution in [-0.2, 0) is 21.6 Å². The number of sulfonamides is 1. The number of nitrogens with zero attached hydrogens (tertiary/aromatic N) is 1. The third-order valence-corrected chi connectivity index (χ3v) is 5.35. The number of alkyl halides is 3. The standard InChI is InChI=1S/C19H21F3N2O2S/c1-13-9-10-15(18(2,3)4)11-17(13)27(25,26)24-23-12-14-7-5-6-8-16(14)19(20,21)22/h5-12,24H,1-4H3/b23-12+. The second-order valence-electron chi connectivity index (χ2n) is 7.17. The second kappa shape index (κ2) is 7.34. The molecule has 0 aliphatic carbocycles. The maximum Gasteiger partial charge on any atom is 0.417 e. The maximum absolute atomic E-state index is 13.0. The van der Waals surface area contributed by atoms with Crippen molar-refractivity contribution in [3.8, 4) is 0 Å². The summed E-state index contributed by atoms with van der Waals surface area (Å²) < 4.78 is 64.1. The van der Waals surface area contributed by atoms with Crippen LogP contribution in [0.5, 0.6) is 0 Å². The largest absolute Gasteiger partial charge is 0.417 e. The van der Waals surface area contributed by atoms with E-state index in [9.17, 15) is 21.6 Å². The molecule has 0 amide bonds. The average molecular weight is 398 g/mol. The van der Waals surface area contributed by atoms with E-state index in [1.807, 2.05) is 31.7 Å². The Morgan fingerprint density at radius 3 is 2.26 bits per heavy atom. The van der Waals surface area contributed by atoms with Gasteiger partial charge in [-0.15, -0.1) is 0 Å². The summed E-state index contributed by atoms with van der Waals surface area (Å²) in [7, 11) is -4.02. The number of hydrogen-bond acceptors (Lipinski definition) is 3. The van der Waals surface area contributed by atoms with E-state index in [0.717, 1.165) is 17.8 Å². The van der Waals surface area contributed by atoms with Crippen molar-refractivity contribution in [2.24, 2.45) is 5.10 Å². The highest BCUT2D eigenvalue weighted by atomic mass is 32.2. The molecule has 0 heterocycles. The number of hydrazone groups is 1. The van der Waals surface area contributed by atoms with Gasteiger partial charge in [-0.2, -0.15) is 26.7 Å². The van der Waals surface area contributed by atoms with Gasteiger partial charge in [0.05, 0.1) is 16.7 Å². The van der Waals surface area contributed by atoms with Crippen molar-refractivity contribution in [2.45, 2.75) is 44.2 Å². The molecule has 0 aromatic heterocycles. The quantitative estimate of drug-likeness (QED) is 0.603. The van der Waals surface area contributed by atoms with Crippen molar-refractivity contribution in [3.05, 3.63) is 64.7 Å². The molecular formula is C19H21F3N2O2S. The lowest BCUT2D eigenvalue weighted by molar-refractivity contribution is -0.137. The summed E-state index contributed by atoms with van der Waals surface area (Å²) >= 11 is 0. The van der Waals surface area contributed by atoms with Gasteiger partial charge in [-0.05, 0) is 35.6 Å². The van der Waals surface area contributed by atoms with Crippen molar-refractivity contribution in [1.29, 1.82) is 0 Å². The molecule has 27 heavy (non-hydrogen) atoms. The monoisotopic (exact) mass is 398 g/mol. The summed E-state index contributed by atoms with van der Waals surface area (Å²) in [5.41, 5.74) is -0.0413. The smallest absolute Gasteiger partial charge is 0.200 e. The van der Waals surface area contributed by atoms with Gasteiger partial charge >= 0.3 is 6.18 Å². The number of benzene rings is 2. The lowest BCUT2D eigenvalue weighted by Crippen LogP contribution is -2.21. The fraction of sp³-hybridized carbons (Fsp3) is 0.316. The minimum absolute atomic E-state index is 0.0381. The van der Waals surface area contributed by atoms with E-state index in [4.69, 9.17) is 0 Å². The summed E-state index contributed by atoms with van der Waals surface area (Å²) in [4.78, 5) is 2.03. The highest BCUT2D eigenvalue weighted by molar-refractivity contribution is 7.89. The van der Waals surface area contributed by atoms with Crippen LogP contribution in [0.25, 0.3) is 0 Å². The van der Waals surface area contributed by atoms with Crippen LogP contribution in [0.2, 0.25) is 0 Å². The molecule has 0 saturated carbocycles. The van der Waals surface area contributed by atoms with Crippen LogP contribution < -0.4 is 4.83 Å². The topological polar surface area (TPSA) is 58.5 Å². The van der Waals surface area contributed by atoms with E-state index in [2.05, 4.69) is 5.10 Å². The minimum Gasteiger partial charge on any atom is -0.200 e. The summed E-state index contributed by atoms with van der Waals surface area (Å²) in [6.07, 6.45) is -3.71. The van der Waals surface area contributed by atoms with Crippen molar-refractivity contribution >= 4 is 16.2 Å². The summed E-state index contributed by atoms with van der Waals surface area (Å²) in [5, 5.41) is 3.53. The average Bonchev–Trinajstić information content (AvgIpc) is 2.53. The van der Waals surface area contributed by atoms with Crippen LogP contribution in [0.1, 0.15) is 43.0 Å². The molecule has 0 fully saturated rings. The normalized spacial score (nSPS) is 13.1. The fourth-order valence-corrected chi connectivity index (χ4v) is 3.50. The van der Waals surface area contributed by atoms with Gasteiger partial charge in [0.25, 0.3) is 10.0 Å². The molecule has 2 rings (SSSR count). The fourth-order valence-electron chi connectivity index (χ4n) is 2.44. The molecule has 2 aromatic carbocycles. The third-order valence-electron chi connectivity index (χ3n) is 3.99. The highest BCUT2D eigenvalue weighted by Crippen LogP contribution is 2.31. The van der Waals surface area contributed by atoms with Gasteiger partial charge in [-0.1, -0.05) is 51.1 Å². The lowest BCUT2D eigenvalue weighted by Gasteiger charge is -2.20. The van der Waals surface area contributed by atoms with Gasteiger partial charge in [0.15, 0.2) is 0 Å². The SMILES string of the molecule is Cc1ccc(C(C)(C)C)cc1S(=O)(=O)N/N=C/c1ccccc1C(F)(F)F. The van der Waals surface area contributed by atoms with Crippen LogP contribution in [0.15, 0.2) is 52.5 Å². The summed E-state index contributed by atoms with van der Waals surface area (Å²) in [6, 6.07) is 9.89. The van der Waals surface area contributed by atoms with Crippen molar-refractivity contribution in [3.63, 3.8) is 0 Å². The third kappa shape index (κ3) is 5.09. The molecule has 0 radical (unpaired) electrons. The zero-order chi connectivity index (χ0) is 20.5. The van der Waals surface area contributed by atoms with Crippen molar-refractivity contribution in [1.82, 2.24) is 4.83 Å². The molecule has 8 heteroatoms. The Balaban J connectivity index is 2.33. The van der Waals surface area contributed by atoms with Crippen LogP contribution in [0.3, 0.4) is 0 Å². The maximum atomic E-state index is 13.0. The number of aryl methyl sites for hydroxylation is 1. The van der Waals surface area contributed by atoms with Crippen molar-refractivity contribution < 1.29 is 21.6 Å². The molecular weight excluding hydrogens is 377 g/mol. The Morgan fingerprint density at radius 1 is 1.04 bits per heavy atom. The zero-order valence-electron chi connectivity index (χ0n) is 15.4. The van der Waals surface area contributed by atoms with Crippen LogP contribution in [0, 0.1) is 6.92 Å². The first-order valence-corrected chi connectivity index (χ1v) is 9.63. The minimum atomic E-state index is -4.56. The van der Waals surface area contributed by atoms with Gasteiger partial charge in [0.1, 0.15) is 0 Å². The molecule has 0 unspecified atom stereocenters. The van der Waals surface area contributed by atoms with Crippen LogP contribution in [-0.4, -0.2) is 14.6 Å². The van der Waals surface area contributed by atoms with E-state index in [1.54, 1.807) is 19.1 Å². The first-order valence-electron chi connectivity index (χ1n) is 8.14. The highest BCUT2D eigenvalue weighted by Gasteiger charge is 2.32. The second-order valence-corrected chi connectivity index (χ2v) is 8.80. The van der Waals surface area contributed by atoms with Gasteiger partial charge in [-0.3, -0.25) is 0 Å². The van der Waals surface area contributed by atoms with Gasteiger partial charge in [0.2, 0.25) is 0 Å². The number of rotatable bonds is 4. The Labute approximate surface area is 157 Å². The molecule has 2 aromatic rings. The molecule has 4 nitrogen and oxygen atoms in total. The number of nitrogens with one attached hydrogen (secondary N) is 1. The van der Waals surface area contributed by atoms with Gasteiger partial charge in [-0.25, -0.2) is 4.83 Å².